The summed E-state index contributed by atoms with van der Waals surface area (Å²) in [7, 11) is 0.537. The summed E-state index contributed by atoms with van der Waals surface area (Å²) >= 11 is -2.66. The zero-order valence-electron chi connectivity index (χ0n) is 33.2. The number of anilines is 2. The van der Waals surface area contributed by atoms with E-state index in [9.17, 15) is 13.7 Å². The maximum Gasteiger partial charge on any atom is 0.808 e. The number of nitrogens with one attached hydrogen (secondary N) is 2. The maximum atomic E-state index is 13.5. The lowest BCUT2D eigenvalue weighted by Gasteiger charge is -2.36. The van der Waals surface area contributed by atoms with Crippen LogP contribution >= 0.6 is 8.25 Å². The monoisotopic (exact) mass is 823 g/mol. The molecule has 0 spiro atoms. The molecule has 0 amide bonds. The first-order chi connectivity index (χ1) is 26.6. The molecule has 2 aromatic heterocycles. The van der Waals surface area contributed by atoms with Crippen LogP contribution in [0.5, 0.6) is 23.3 Å². The quantitative estimate of drug-likeness (QED) is 0.0947. The second-order valence-electron chi connectivity index (χ2n) is 15.8. The molecule has 0 fully saturated rings. The Labute approximate surface area is 337 Å². The number of hydrogen-bond acceptors (Lipinski definition) is 13. The Hall–Kier alpha value is -3.82. The molecule has 0 aliphatic carbocycles. The van der Waals surface area contributed by atoms with E-state index in [1.54, 1.807) is 26.4 Å². The van der Waals surface area contributed by atoms with Gasteiger partial charge in [-0.05, 0) is 113 Å². The van der Waals surface area contributed by atoms with E-state index in [1.165, 1.54) is 0 Å². The van der Waals surface area contributed by atoms with Gasteiger partial charge in [0.1, 0.15) is 26.8 Å². The van der Waals surface area contributed by atoms with Crippen molar-refractivity contribution in [1.82, 2.24) is 19.5 Å². The molecule has 4 heterocycles. The fourth-order valence-corrected chi connectivity index (χ4v) is 8.48. The fraction of sp³-hybridized carbons (Fsp3) is 0.450. The van der Waals surface area contributed by atoms with E-state index in [-0.39, 0.29) is 23.7 Å². The SMILES string of the molecule is COc1ccc(CC2CCN(N[S+]([O-])C(C)(C)C)c3ccc(O[P+](=O)Oc4ccc5c(n4)N(Cc4ccc(OC)cc4)CCC5N[S+]([O-])C(C)(C)C)nc32)cc1. The van der Waals surface area contributed by atoms with Gasteiger partial charge < -0.3 is 23.5 Å². The van der Waals surface area contributed by atoms with Crippen LogP contribution in [0.3, 0.4) is 0 Å². The van der Waals surface area contributed by atoms with E-state index in [0.29, 0.717) is 38.3 Å². The number of rotatable bonds is 14. The maximum absolute atomic E-state index is 13.5. The van der Waals surface area contributed by atoms with Gasteiger partial charge in [-0.3, -0.25) is 5.01 Å². The molecule has 0 saturated carbocycles. The predicted molar refractivity (Wildman–Crippen MR) is 222 cm³/mol. The highest BCUT2D eigenvalue weighted by Gasteiger charge is 2.37. The van der Waals surface area contributed by atoms with Crippen molar-refractivity contribution in [2.75, 3.05) is 37.2 Å². The second-order valence-corrected chi connectivity index (χ2v) is 20.5. The van der Waals surface area contributed by atoms with Crippen LogP contribution in [0.1, 0.15) is 88.7 Å². The van der Waals surface area contributed by atoms with Crippen LogP contribution in [0.4, 0.5) is 11.5 Å². The zero-order chi connectivity index (χ0) is 40.2. The summed E-state index contributed by atoms with van der Waals surface area (Å²) < 4.78 is 64.4. The summed E-state index contributed by atoms with van der Waals surface area (Å²) in [6.45, 7) is 13.4. The van der Waals surface area contributed by atoms with Crippen LogP contribution in [0, 0.1) is 0 Å². The van der Waals surface area contributed by atoms with Crippen molar-refractivity contribution in [2.24, 2.45) is 0 Å². The number of pyridine rings is 2. The summed E-state index contributed by atoms with van der Waals surface area (Å²) in [5, 5.41) is 1.88. The van der Waals surface area contributed by atoms with E-state index in [2.05, 4.69) is 14.5 Å². The molecule has 6 rings (SSSR count). The van der Waals surface area contributed by atoms with E-state index in [4.69, 9.17) is 28.5 Å². The molecule has 2 N–H and O–H groups in total. The zero-order valence-corrected chi connectivity index (χ0v) is 35.8. The number of hydrogen-bond donors (Lipinski definition) is 2. The first-order valence-corrected chi connectivity index (χ1v) is 22.0. The first kappa shape index (κ1) is 41.8. The van der Waals surface area contributed by atoms with E-state index >= 15 is 0 Å². The van der Waals surface area contributed by atoms with E-state index in [0.717, 1.165) is 46.0 Å². The third-order valence-electron chi connectivity index (χ3n) is 9.56. The Morgan fingerprint density at radius 2 is 1.36 bits per heavy atom. The van der Waals surface area contributed by atoms with Gasteiger partial charge in [0.15, 0.2) is 0 Å². The van der Waals surface area contributed by atoms with Crippen LogP contribution in [-0.2, 0) is 40.3 Å². The normalized spacial score (nSPS) is 18.4. The molecule has 300 valence electrons. The molecule has 0 saturated heterocycles. The highest BCUT2D eigenvalue weighted by molar-refractivity contribution is 7.91. The van der Waals surface area contributed by atoms with Gasteiger partial charge in [-0.15, -0.1) is 4.72 Å². The van der Waals surface area contributed by atoms with Gasteiger partial charge in [-0.1, -0.05) is 24.3 Å². The lowest BCUT2D eigenvalue weighted by atomic mass is 9.89. The van der Waals surface area contributed by atoms with E-state index < -0.39 is 40.5 Å². The van der Waals surface area contributed by atoms with Crippen molar-refractivity contribution >= 4 is 42.5 Å². The van der Waals surface area contributed by atoms with Crippen molar-refractivity contribution in [3.63, 3.8) is 0 Å². The number of methoxy groups -OCH3 is 2. The van der Waals surface area contributed by atoms with Gasteiger partial charge >= 0.3 is 8.25 Å². The summed E-state index contributed by atoms with van der Waals surface area (Å²) in [6.07, 6.45) is 2.15. The van der Waals surface area contributed by atoms with Crippen LogP contribution in [0.15, 0.2) is 72.8 Å². The molecule has 16 heteroatoms. The summed E-state index contributed by atoms with van der Waals surface area (Å²) in [5.41, 5.74) is 4.56. The second kappa shape index (κ2) is 17.8. The van der Waals surface area contributed by atoms with Gasteiger partial charge in [0.05, 0.1) is 43.0 Å². The van der Waals surface area contributed by atoms with Crippen molar-refractivity contribution in [2.45, 2.75) is 88.8 Å². The van der Waals surface area contributed by atoms with Gasteiger partial charge in [-0.25, -0.2) is 14.0 Å². The summed E-state index contributed by atoms with van der Waals surface area (Å²) in [4.78, 5) is 15.0. The lowest BCUT2D eigenvalue weighted by molar-refractivity contribution is 0.400. The van der Waals surface area contributed by atoms with Gasteiger partial charge in [0.2, 0.25) is 0 Å². The average Bonchev–Trinajstić information content (AvgIpc) is 3.16. The third-order valence-corrected chi connectivity index (χ3v) is 13.3. The molecule has 5 atom stereocenters. The summed E-state index contributed by atoms with van der Waals surface area (Å²) in [6, 6.07) is 22.6. The Kier molecular flexibility index (Phi) is 13.3. The molecule has 2 aliphatic rings. The van der Waals surface area contributed by atoms with Crippen LogP contribution in [0.25, 0.3) is 0 Å². The molecule has 5 unspecified atom stereocenters. The van der Waals surface area contributed by atoms with Crippen molar-refractivity contribution in [3.8, 4) is 23.3 Å². The third kappa shape index (κ3) is 10.4. The highest BCUT2D eigenvalue weighted by atomic mass is 32.2. The highest BCUT2D eigenvalue weighted by Crippen LogP contribution is 2.41. The molecule has 56 heavy (non-hydrogen) atoms. The minimum absolute atomic E-state index is 0.00929. The minimum Gasteiger partial charge on any atom is -0.598 e. The first-order valence-electron chi connectivity index (χ1n) is 18.6. The van der Waals surface area contributed by atoms with Crippen molar-refractivity contribution in [1.29, 1.82) is 0 Å². The van der Waals surface area contributed by atoms with Crippen molar-refractivity contribution in [3.05, 3.63) is 95.2 Å². The number of fused-ring (bicyclic) bond motifs is 2. The summed E-state index contributed by atoms with van der Waals surface area (Å²) in [5.74, 6) is 2.46. The molecule has 4 aromatic rings. The number of ether oxygens (including phenoxy) is 2. The van der Waals surface area contributed by atoms with Crippen molar-refractivity contribution < 1.29 is 32.2 Å². The minimum atomic E-state index is -2.74. The average molecular weight is 824 g/mol. The molecule has 2 aliphatic heterocycles. The lowest BCUT2D eigenvalue weighted by Crippen LogP contribution is -2.51. The molecule has 13 nitrogen and oxygen atoms in total. The van der Waals surface area contributed by atoms with Crippen LogP contribution in [-0.4, -0.2) is 55.9 Å². The number of hydrazine groups is 1. The fourth-order valence-electron chi connectivity index (χ4n) is 6.42. The number of benzene rings is 2. The van der Waals surface area contributed by atoms with Gasteiger partial charge in [-0.2, -0.15) is 4.98 Å². The predicted octanol–water partition coefficient (Wildman–Crippen LogP) is 7.62. The van der Waals surface area contributed by atoms with Crippen LogP contribution in [0.2, 0.25) is 0 Å². The van der Waals surface area contributed by atoms with E-state index in [1.807, 2.05) is 107 Å². The molecular formula is C40H52N6O7PS2+. The smallest absolute Gasteiger partial charge is 0.598 e. The Morgan fingerprint density at radius 3 is 1.96 bits per heavy atom. The largest absolute Gasteiger partial charge is 0.808 e. The molecule has 2 aromatic carbocycles. The van der Waals surface area contributed by atoms with Gasteiger partial charge in [0.25, 0.3) is 11.8 Å². The standard InChI is InChI=1S/C40H52N6O7PS2/c1-39(2,3)55(48)43-33-22-23-45(26-28-11-15-31(51-8)16-12-28)38-32(33)17-19-36(42-38)53-54(47)52-35-20-18-34-37(41-35)29(25-27-9-13-30(50-7)14-10-27)21-24-46(34)44-56(49)40(4,5)6/h9-20,29,33,43-44H,21-26H2,1-8H3/q+1. The molecule has 0 radical (unpaired) electrons. The number of nitrogens with zero attached hydrogens (tertiary/aromatic N) is 4. The van der Waals surface area contributed by atoms with Crippen LogP contribution < -0.4 is 38.0 Å². The Bertz CT molecular complexity index is 1820. The topological polar surface area (TPSA) is 156 Å². The molecular weight excluding hydrogens is 772 g/mol. The number of aromatic nitrogens is 2. The molecule has 0 bridgehead atoms. The Morgan fingerprint density at radius 1 is 0.768 bits per heavy atom. The Balaban J connectivity index is 1.23. The van der Waals surface area contributed by atoms with Gasteiger partial charge in [0, 0.05) is 59.2 Å².